The first-order valence-electron chi connectivity index (χ1n) is 6.65. The maximum Gasteiger partial charge on any atom is 0.320 e. The molecule has 1 aliphatic heterocycles. The van der Waals surface area contributed by atoms with Gasteiger partial charge in [-0.25, -0.2) is 0 Å². The summed E-state index contributed by atoms with van der Waals surface area (Å²) in [6.45, 7) is 4.33. The van der Waals surface area contributed by atoms with Crippen LogP contribution in [0, 0.1) is 11.8 Å². The summed E-state index contributed by atoms with van der Waals surface area (Å²) in [7, 11) is 0. The highest BCUT2D eigenvalue weighted by molar-refractivity contribution is 5.73. The molecule has 0 radical (unpaired) electrons. The molecule has 0 spiro atoms. The molecule has 16 heavy (non-hydrogen) atoms. The van der Waals surface area contributed by atoms with Gasteiger partial charge in [0.05, 0.1) is 0 Å². The zero-order valence-electron chi connectivity index (χ0n) is 10.2. The largest absolute Gasteiger partial charge is 0.480 e. The summed E-state index contributed by atoms with van der Waals surface area (Å²) in [5.41, 5.74) is 0. The lowest BCUT2D eigenvalue weighted by Gasteiger charge is -2.33. The highest BCUT2D eigenvalue weighted by Crippen LogP contribution is 2.32. The summed E-state index contributed by atoms with van der Waals surface area (Å²) in [5, 5.41) is 9.14. The quantitative estimate of drug-likeness (QED) is 0.801. The molecule has 1 saturated carbocycles. The predicted molar refractivity (Wildman–Crippen MR) is 63.4 cm³/mol. The molecule has 0 aromatic heterocycles. The molecule has 0 aromatic carbocycles. The molecule has 3 heteroatoms. The number of nitrogens with zero attached hydrogens (tertiary/aromatic N) is 1. The van der Waals surface area contributed by atoms with Gasteiger partial charge >= 0.3 is 5.97 Å². The van der Waals surface area contributed by atoms with Crippen LogP contribution in [0.3, 0.4) is 0 Å². The van der Waals surface area contributed by atoms with Crippen LogP contribution < -0.4 is 0 Å². The maximum absolute atomic E-state index is 11.1. The molecule has 1 N–H and O–H groups in total. The van der Waals surface area contributed by atoms with Crippen molar-refractivity contribution >= 4 is 5.97 Å². The van der Waals surface area contributed by atoms with Crippen molar-refractivity contribution < 1.29 is 9.90 Å². The lowest BCUT2D eigenvalue weighted by Crippen LogP contribution is -2.40. The third-order valence-electron chi connectivity index (χ3n) is 4.41. The van der Waals surface area contributed by atoms with Gasteiger partial charge in [0.25, 0.3) is 0 Å². The number of carboxylic acids is 1. The Morgan fingerprint density at radius 3 is 2.69 bits per heavy atom. The second-order valence-electron chi connectivity index (χ2n) is 5.51. The summed E-state index contributed by atoms with van der Waals surface area (Å²) in [6, 6.07) is -0.200. The minimum atomic E-state index is -0.624. The Bertz CT molecular complexity index is 254. The lowest BCUT2D eigenvalue weighted by molar-refractivity contribution is -0.142. The van der Waals surface area contributed by atoms with Crippen molar-refractivity contribution in [3.05, 3.63) is 0 Å². The van der Waals surface area contributed by atoms with Crippen LogP contribution in [0.5, 0.6) is 0 Å². The smallest absolute Gasteiger partial charge is 0.320 e. The fourth-order valence-electron chi connectivity index (χ4n) is 3.29. The van der Waals surface area contributed by atoms with E-state index in [1.165, 1.54) is 25.7 Å². The fourth-order valence-corrected chi connectivity index (χ4v) is 3.29. The van der Waals surface area contributed by atoms with Crippen LogP contribution in [-0.2, 0) is 4.79 Å². The number of aliphatic carboxylic acids is 1. The van der Waals surface area contributed by atoms with Crippen LogP contribution in [0.2, 0.25) is 0 Å². The zero-order chi connectivity index (χ0) is 11.5. The van der Waals surface area contributed by atoms with Crippen molar-refractivity contribution in [2.24, 2.45) is 11.8 Å². The average molecular weight is 225 g/mol. The van der Waals surface area contributed by atoms with Crippen LogP contribution in [0.4, 0.5) is 0 Å². The Labute approximate surface area is 97.8 Å². The van der Waals surface area contributed by atoms with E-state index in [1.54, 1.807) is 0 Å². The van der Waals surface area contributed by atoms with E-state index in [2.05, 4.69) is 11.8 Å². The molecule has 0 bridgehead atoms. The normalized spacial score (nSPS) is 36.4. The maximum atomic E-state index is 11.1. The van der Waals surface area contributed by atoms with Gasteiger partial charge in [-0.1, -0.05) is 26.2 Å². The molecule has 1 aliphatic carbocycles. The molecule has 92 valence electrons. The van der Waals surface area contributed by atoms with E-state index < -0.39 is 5.97 Å². The minimum Gasteiger partial charge on any atom is -0.480 e. The number of carboxylic acid groups (broad SMARTS) is 1. The Morgan fingerprint density at radius 2 is 2.00 bits per heavy atom. The summed E-state index contributed by atoms with van der Waals surface area (Å²) in [4.78, 5) is 13.3. The van der Waals surface area contributed by atoms with Gasteiger partial charge in [-0.05, 0) is 37.6 Å². The molecule has 0 aromatic rings. The summed E-state index contributed by atoms with van der Waals surface area (Å²) in [5.74, 6) is 0.887. The number of hydrogen-bond acceptors (Lipinski definition) is 2. The highest BCUT2D eigenvalue weighted by Gasteiger charge is 2.33. The molecular formula is C13H23NO2. The Hall–Kier alpha value is -0.570. The summed E-state index contributed by atoms with van der Waals surface area (Å²) in [6.07, 6.45) is 7.22. The Morgan fingerprint density at radius 1 is 1.25 bits per heavy atom. The molecule has 2 aliphatic rings. The first-order valence-corrected chi connectivity index (χ1v) is 6.65. The highest BCUT2D eigenvalue weighted by atomic mass is 16.4. The van der Waals surface area contributed by atoms with Crippen LogP contribution in [0.1, 0.15) is 45.4 Å². The minimum absolute atomic E-state index is 0.200. The molecule has 2 fully saturated rings. The first-order chi connectivity index (χ1) is 7.68. The zero-order valence-corrected chi connectivity index (χ0v) is 10.2. The fraction of sp³-hybridized carbons (Fsp3) is 0.923. The van der Waals surface area contributed by atoms with Crippen molar-refractivity contribution in [3.63, 3.8) is 0 Å². The molecule has 3 atom stereocenters. The third kappa shape index (κ3) is 2.57. The number of hydrogen-bond donors (Lipinski definition) is 1. The van der Waals surface area contributed by atoms with Gasteiger partial charge in [0, 0.05) is 6.54 Å². The average Bonchev–Trinajstić information content (AvgIpc) is 2.69. The van der Waals surface area contributed by atoms with E-state index >= 15 is 0 Å². The molecular weight excluding hydrogens is 202 g/mol. The Kier molecular flexibility index (Phi) is 3.85. The molecule has 1 heterocycles. The molecule has 2 rings (SSSR count). The Balaban J connectivity index is 1.90. The van der Waals surface area contributed by atoms with Crippen LogP contribution in [0.25, 0.3) is 0 Å². The first kappa shape index (κ1) is 11.9. The molecule has 1 saturated heterocycles. The molecule has 0 amide bonds. The molecule has 3 nitrogen and oxygen atoms in total. The topological polar surface area (TPSA) is 40.5 Å². The van der Waals surface area contributed by atoms with Crippen molar-refractivity contribution in [2.75, 3.05) is 13.1 Å². The number of rotatable bonds is 3. The van der Waals surface area contributed by atoms with Gasteiger partial charge in [0.15, 0.2) is 0 Å². The van der Waals surface area contributed by atoms with E-state index in [0.29, 0.717) is 0 Å². The van der Waals surface area contributed by atoms with Gasteiger partial charge in [-0.3, -0.25) is 9.69 Å². The van der Waals surface area contributed by atoms with E-state index in [0.717, 1.165) is 37.8 Å². The summed E-state index contributed by atoms with van der Waals surface area (Å²) >= 11 is 0. The van der Waals surface area contributed by atoms with Gasteiger partial charge in [-0.2, -0.15) is 0 Å². The van der Waals surface area contributed by atoms with Gasteiger partial charge in [0.1, 0.15) is 6.04 Å². The third-order valence-corrected chi connectivity index (χ3v) is 4.41. The standard InChI is InChI=1S/C13H23NO2/c1-10-5-2-3-6-11(10)9-14-8-4-7-12(14)13(15)16/h10-12H,2-9H2,1H3,(H,15,16)/t10?,11?,12-/m0/s1. The molecule has 2 unspecified atom stereocenters. The number of likely N-dealkylation sites (tertiary alicyclic amines) is 1. The second kappa shape index (κ2) is 5.17. The second-order valence-corrected chi connectivity index (χ2v) is 5.51. The monoisotopic (exact) mass is 225 g/mol. The lowest BCUT2D eigenvalue weighted by atomic mass is 9.80. The van der Waals surface area contributed by atoms with Gasteiger partial charge in [0.2, 0.25) is 0 Å². The van der Waals surface area contributed by atoms with Crippen LogP contribution in [-0.4, -0.2) is 35.1 Å². The van der Waals surface area contributed by atoms with E-state index in [-0.39, 0.29) is 6.04 Å². The van der Waals surface area contributed by atoms with Gasteiger partial charge in [-0.15, -0.1) is 0 Å². The predicted octanol–water partition coefficient (Wildman–Crippen LogP) is 2.36. The van der Waals surface area contributed by atoms with E-state index in [4.69, 9.17) is 5.11 Å². The van der Waals surface area contributed by atoms with E-state index in [1.807, 2.05) is 0 Å². The van der Waals surface area contributed by atoms with Gasteiger partial charge < -0.3 is 5.11 Å². The van der Waals surface area contributed by atoms with Crippen molar-refractivity contribution in [1.29, 1.82) is 0 Å². The SMILES string of the molecule is CC1CCCCC1CN1CCC[C@H]1C(=O)O. The number of carbonyl (C=O) groups is 1. The van der Waals surface area contributed by atoms with Crippen LogP contribution in [0.15, 0.2) is 0 Å². The van der Waals surface area contributed by atoms with Crippen molar-refractivity contribution in [1.82, 2.24) is 4.90 Å². The van der Waals surface area contributed by atoms with Crippen LogP contribution >= 0.6 is 0 Å². The van der Waals surface area contributed by atoms with E-state index in [9.17, 15) is 4.79 Å². The summed E-state index contributed by atoms with van der Waals surface area (Å²) < 4.78 is 0. The van der Waals surface area contributed by atoms with Crippen molar-refractivity contribution in [2.45, 2.75) is 51.5 Å². The van der Waals surface area contributed by atoms with Crippen molar-refractivity contribution in [3.8, 4) is 0 Å².